The molecule has 5 rings (SSSR count). The summed E-state index contributed by atoms with van der Waals surface area (Å²) in [5, 5.41) is 17.3. The third-order valence-electron chi connectivity index (χ3n) is 8.82. The van der Waals surface area contributed by atoms with E-state index in [-0.39, 0.29) is 11.6 Å². The van der Waals surface area contributed by atoms with Crippen molar-refractivity contribution in [3.05, 3.63) is 89.4 Å². The van der Waals surface area contributed by atoms with Gasteiger partial charge in [0.1, 0.15) is 23.1 Å². The van der Waals surface area contributed by atoms with Crippen LogP contribution in [0.4, 0.5) is 16.4 Å². The molecule has 13 nitrogen and oxygen atoms in total. The predicted octanol–water partition coefficient (Wildman–Crippen LogP) is 4.86. The summed E-state index contributed by atoms with van der Waals surface area (Å²) in [7, 11) is 1.98. The Hall–Kier alpha value is -5.30. The van der Waals surface area contributed by atoms with E-state index in [1.54, 1.807) is 24.3 Å². The molecule has 264 valence electrons. The van der Waals surface area contributed by atoms with E-state index in [4.69, 9.17) is 4.74 Å². The lowest BCUT2D eigenvalue weighted by Gasteiger charge is -2.34. The molecule has 3 aromatic heterocycles. The lowest BCUT2D eigenvalue weighted by atomic mass is 9.81. The Bertz CT molecular complexity index is 1880. The monoisotopic (exact) mass is 681 g/mol. The zero-order valence-corrected chi connectivity index (χ0v) is 29.9. The van der Waals surface area contributed by atoms with Gasteiger partial charge in [0, 0.05) is 48.5 Å². The molecule has 0 bridgehead atoms. The Balaban J connectivity index is 1.37. The summed E-state index contributed by atoms with van der Waals surface area (Å²) in [6.07, 6.45) is 5.43. The molecule has 3 amide bonds. The first-order chi connectivity index (χ1) is 23.9. The van der Waals surface area contributed by atoms with Crippen LogP contribution in [-0.4, -0.2) is 82.5 Å². The minimum atomic E-state index is -1.47. The third-order valence-corrected chi connectivity index (χ3v) is 8.82. The van der Waals surface area contributed by atoms with Gasteiger partial charge in [-0.25, -0.2) is 9.78 Å². The summed E-state index contributed by atoms with van der Waals surface area (Å²) >= 11 is 0. The number of carbonyl (C=O) groups is 3. The van der Waals surface area contributed by atoms with Crippen LogP contribution >= 0.6 is 0 Å². The van der Waals surface area contributed by atoms with Crippen LogP contribution in [-0.2, 0) is 15.7 Å². The molecule has 3 heterocycles. The fourth-order valence-corrected chi connectivity index (χ4v) is 5.76. The number of likely N-dealkylation sites (N-methyl/N-ethyl adjacent to an activating group) is 1. The highest BCUT2D eigenvalue weighted by atomic mass is 16.5. The minimum Gasteiger partial charge on any atom is -0.480 e. The van der Waals surface area contributed by atoms with E-state index < -0.39 is 23.1 Å². The smallest absolute Gasteiger partial charge is 0.320 e. The largest absolute Gasteiger partial charge is 0.480 e. The average Bonchev–Trinajstić information content (AvgIpc) is 3.52. The molecule has 1 aliphatic rings. The standard InChI is InChI=1S/C37H47N9O4/c1-8-44(7)20-19-38-33(48)29-21-25(22-31(40-29)36(4,5)6)39-34(49)41-37(24-47)18-17-30(27-13-11-12-14-28(27)37)50-26-15-16-32-42-43-35(46(32)23-26)45(9-2)10-3/h11-18,21-24,30H,8-10,19-20H2,1-7H3,(H,38,48)(H2,39,40,41,49)/t30-,37-/m1/s1. The number of carbonyl (C=O) groups excluding carboxylic acids is 3. The number of benzene rings is 1. The Morgan fingerprint density at radius 3 is 2.50 bits per heavy atom. The molecule has 0 spiro atoms. The van der Waals surface area contributed by atoms with Gasteiger partial charge in [-0.15, -0.1) is 10.2 Å². The van der Waals surface area contributed by atoms with Crippen LogP contribution in [0, 0.1) is 0 Å². The highest BCUT2D eigenvalue weighted by Gasteiger charge is 2.38. The zero-order valence-electron chi connectivity index (χ0n) is 29.9. The number of aromatic nitrogens is 4. The molecule has 3 N–H and O–H groups in total. The number of nitrogens with zero attached hydrogens (tertiary/aromatic N) is 6. The van der Waals surface area contributed by atoms with Gasteiger partial charge in [-0.05, 0) is 69.4 Å². The summed E-state index contributed by atoms with van der Waals surface area (Å²) in [5.74, 6) is 0.974. The molecule has 0 radical (unpaired) electrons. The second-order valence-electron chi connectivity index (χ2n) is 13.3. The maximum atomic E-state index is 13.6. The molecule has 1 aliphatic carbocycles. The van der Waals surface area contributed by atoms with E-state index in [0.29, 0.717) is 47.7 Å². The van der Waals surface area contributed by atoms with Crippen molar-refractivity contribution in [3.63, 3.8) is 0 Å². The molecule has 2 atom stereocenters. The van der Waals surface area contributed by atoms with Gasteiger partial charge < -0.3 is 30.5 Å². The molecular weight excluding hydrogens is 634 g/mol. The van der Waals surface area contributed by atoms with Gasteiger partial charge in [-0.1, -0.05) is 52.0 Å². The lowest BCUT2D eigenvalue weighted by Crippen LogP contribution is -2.49. The van der Waals surface area contributed by atoms with Gasteiger partial charge in [0.25, 0.3) is 5.91 Å². The van der Waals surface area contributed by atoms with Crippen LogP contribution in [0.25, 0.3) is 5.65 Å². The molecule has 50 heavy (non-hydrogen) atoms. The van der Waals surface area contributed by atoms with E-state index >= 15 is 0 Å². The van der Waals surface area contributed by atoms with Gasteiger partial charge in [0.05, 0.1) is 6.20 Å². The maximum Gasteiger partial charge on any atom is 0.320 e. The number of urea groups is 1. The Morgan fingerprint density at radius 1 is 1.04 bits per heavy atom. The van der Waals surface area contributed by atoms with Crippen molar-refractivity contribution in [2.75, 3.05) is 50.0 Å². The highest BCUT2D eigenvalue weighted by molar-refractivity contribution is 5.97. The molecule has 1 aromatic carbocycles. The summed E-state index contributed by atoms with van der Waals surface area (Å²) in [6, 6.07) is 13.7. The number of amides is 3. The Kier molecular flexibility index (Phi) is 10.9. The number of ether oxygens (including phenoxy) is 1. The number of pyridine rings is 2. The highest BCUT2D eigenvalue weighted by Crippen LogP contribution is 2.37. The summed E-state index contributed by atoms with van der Waals surface area (Å²) in [5.41, 5.74) is 1.33. The molecule has 0 fully saturated rings. The van der Waals surface area contributed by atoms with Crippen molar-refractivity contribution in [2.24, 2.45) is 0 Å². The van der Waals surface area contributed by atoms with Gasteiger partial charge >= 0.3 is 6.03 Å². The second kappa shape index (κ2) is 15.1. The van der Waals surface area contributed by atoms with E-state index in [1.807, 2.05) is 75.7 Å². The molecule has 0 unspecified atom stereocenters. The average molecular weight is 682 g/mol. The quantitative estimate of drug-likeness (QED) is 0.133. The van der Waals surface area contributed by atoms with Crippen molar-refractivity contribution >= 4 is 35.5 Å². The SMILES string of the molecule is CCN(C)CCNC(=O)c1cc(NC(=O)N[C@@]2(C=O)C=C[C@@H](Oc3ccc4nnc(N(CC)CC)n4c3)c3ccccc32)cc(C(C)(C)C)n1. The first-order valence-electron chi connectivity index (χ1n) is 17.0. The number of nitrogens with one attached hydrogen (secondary N) is 3. The Morgan fingerprint density at radius 2 is 1.80 bits per heavy atom. The van der Waals surface area contributed by atoms with Crippen molar-refractivity contribution < 1.29 is 19.1 Å². The second-order valence-corrected chi connectivity index (χ2v) is 13.3. The lowest BCUT2D eigenvalue weighted by molar-refractivity contribution is -0.111. The molecular formula is C37H47N9O4. The Labute approximate surface area is 293 Å². The van der Waals surface area contributed by atoms with Gasteiger partial charge in [-0.3, -0.25) is 14.0 Å². The molecule has 4 aromatic rings. The van der Waals surface area contributed by atoms with Gasteiger partial charge in [0.2, 0.25) is 5.95 Å². The maximum absolute atomic E-state index is 13.6. The third kappa shape index (κ3) is 7.78. The molecule has 0 saturated heterocycles. The first-order valence-corrected chi connectivity index (χ1v) is 17.0. The number of rotatable bonds is 13. The number of fused-ring (bicyclic) bond motifs is 2. The summed E-state index contributed by atoms with van der Waals surface area (Å²) in [4.78, 5) is 48.3. The molecule has 13 heteroatoms. The van der Waals surface area contributed by atoms with E-state index in [9.17, 15) is 14.4 Å². The fourth-order valence-electron chi connectivity index (χ4n) is 5.76. The first kappa shape index (κ1) is 36.0. The fraction of sp³-hybridized carbons (Fsp3) is 0.405. The van der Waals surface area contributed by atoms with Crippen molar-refractivity contribution in [1.29, 1.82) is 0 Å². The molecule has 0 aliphatic heterocycles. The van der Waals surface area contributed by atoms with Gasteiger partial charge in [-0.2, -0.15) is 0 Å². The minimum absolute atomic E-state index is 0.189. The number of aldehydes is 1. The number of hydrogen-bond donors (Lipinski definition) is 3. The van der Waals surface area contributed by atoms with Crippen LogP contribution in [0.15, 0.2) is 66.9 Å². The van der Waals surface area contributed by atoms with E-state index in [1.165, 1.54) is 6.07 Å². The van der Waals surface area contributed by atoms with E-state index in [0.717, 1.165) is 31.1 Å². The zero-order chi connectivity index (χ0) is 36.1. The van der Waals surface area contributed by atoms with Crippen LogP contribution in [0.3, 0.4) is 0 Å². The molecule has 0 saturated carbocycles. The van der Waals surface area contributed by atoms with Gasteiger partial charge in [0.15, 0.2) is 11.9 Å². The van der Waals surface area contributed by atoms with E-state index in [2.05, 4.69) is 54.8 Å². The number of hydrogen-bond acceptors (Lipinski definition) is 9. The predicted molar refractivity (Wildman–Crippen MR) is 194 cm³/mol. The summed E-state index contributed by atoms with van der Waals surface area (Å²) in [6.45, 7) is 15.7. The normalized spacial score (nSPS) is 16.9. The van der Waals surface area contributed by atoms with Crippen molar-refractivity contribution in [2.45, 2.75) is 58.6 Å². The van der Waals surface area contributed by atoms with Crippen LogP contribution in [0.2, 0.25) is 0 Å². The topological polar surface area (TPSA) is 146 Å². The van der Waals surface area contributed by atoms with Crippen LogP contribution in [0.5, 0.6) is 5.75 Å². The van der Waals surface area contributed by atoms with Crippen molar-refractivity contribution in [3.8, 4) is 5.75 Å². The van der Waals surface area contributed by atoms with Crippen LogP contribution in [0.1, 0.15) is 75.0 Å². The van der Waals surface area contributed by atoms with Crippen molar-refractivity contribution in [1.82, 2.24) is 35.1 Å². The summed E-state index contributed by atoms with van der Waals surface area (Å²) < 4.78 is 8.35. The van der Waals surface area contributed by atoms with Crippen LogP contribution < -0.4 is 25.6 Å². The number of anilines is 2.